The first-order valence-electron chi connectivity index (χ1n) is 6.26. The first-order valence-corrected chi connectivity index (χ1v) is 6.26. The van der Waals surface area contributed by atoms with Crippen LogP contribution in [0, 0.1) is 0 Å². The van der Waals surface area contributed by atoms with Crippen LogP contribution in [0.5, 0.6) is 0 Å². The molecular weight excluding hydrogens is 234 g/mol. The van der Waals surface area contributed by atoms with Crippen molar-refractivity contribution >= 4 is 17.1 Å². The zero-order valence-electron chi connectivity index (χ0n) is 10.4. The molecule has 3 rings (SSSR count). The number of rotatable bonds is 3. The number of hydrogen-bond acceptors (Lipinski definition) is 2. The molecule has 0 saturated carbocycles. The van der Waals surface area contributed by atoms with E-state index in [1.807, 2.05) is 42.6 Å². The minimum atomic E-state index is 0.342. The van der Waals surface area contributed by atoms with Crippen molar-refractivity contribution in [2.45, 2.75) is 6.42 Å². The van der Waals surface area contributed by atoms with Gasteiger partial charge in [-0.2, -0.15) is 0 Å². The fourth-order valence-electron chi connectivity index (χ4n) is 2.37. The molecule has 0 spiro atoms. The lowest BCUT2D eigenvalue weighted by Crippen LogP contribution is -1.96. The average molecular weight is 247 g/mol. The number of pyridine rings is 1. The van der Waals surface area contributed by atoms with E-state index < -0.39 is 0 Å². The van der Waals surface area contributed by atoms with Crippen molar-refractivity contribution in [3.63, 3.8) is 0 Å². The molecule has 0 aliphatic carbocycles. The summed E-state index contributed by atoms with van der Waals surface area (Å²) in [5, 5.41) is 2.23. The van der Waals surface area contributed by atoms with Crippen molar-refractivity contribution in [2.75, 3.05) is 0 Å². The van der Waals surface area contributed by atoms with Gasteiger partial charge in [0.25, 0.3) is 0 Å². The summed E-state index contributed by atoms with van der Waals surface area (Å²) in [7, 11) is 0. The van der Waals surface area contributed by atoms with Crippen LogP contribution in [0.3, 0.4) is 0 Å². The highest BCUT2D eigenvalue weighted by Gasteiger charge is 2.10. The standard InChI is InChI=1S/C17H13NO/c19-11-10-16-17(13-6-2-1-3-7-13)15-9-5-4-8-14(15)12-18-16/h1-9,11-12H,10H2. The van der Waals surface area contributed by atoms with Gasteiger partial charge in [-0.25, -0.2) is 0 Å². The zero-order valence-corrected chi connectivity index (χ0v) is 10.4. The van der Waals surface area contributed by atoms with Crippen molar-refractivity contribution in [1.29, 1.82) is 0 Å². The predicted molar refractivity (Wildman–Crippen MR) is 76.9 cm³/mol. The quantitative estimate of drug-likeness (QED) is 0.661. The summed E-state index contributed by atoms with van der Waals surface area (Å²) < 4.78 is 0. The molecule has 0 N–H and O–H groups in total. The molecular formula is C17H13NO. The van der Waals surface area contributed by atoms with E-state index in [0.29, 0.717) is 6.42 Å². The summed E-state index contributed by atoms with van der Waals surface area (Å²) in [5.74, 6) is 0. The van der Waals surface area contributed by atoms with E-state index in [-0.39, 0.29) is 0 Å². The number of benzene rings is 2. The van der Waals surface area contributed by atoms with E-state index in [4.69, 9.17) is 0 Å². The second-order valence-corrected chi connectivity index (χ2v) is 4.40. The molecule has 0 unspecified atom stereocenters. The van der Waals surface area contributed by atoms with Crippen molar-refractivity contribution < 1.29 is 4.79 Å². The molecule has 3 aromatic rings. The zero-order chi connectivity index (χ0) is 13.1. The van der Waals surface area contributed by atoms with Crippen LogP contribution in [-0.4, -0.2) is 11.3 Å². The highest BCUT2D eigenvalue weighted by atomic mass is 16.1. The fourth-order valence-corrected chi connectivity index (χ4v) is 2.37. The molecule has 0 aliphatic heterocycles. The number of nitrogens with zero attached hydrogens (tertiary/aromatic N) is 1. The third-order valence-corrected chi connectivity index (χ3v) is 3.22. The molecule has 1 heterocycles. The van der Waals surface area contributed by atoms with Crippen LogP contribution < -0.4 is 0 Å². The van der Waals surface area contributed by atoms with Crippen molar-refractivity contribution in [1.82, 2.24) is 4.98 Å². The van der Waals surface area contributed by atoms with Crippen LogP contribution in [0.25, 0.3) is 21.9 Å². The maximum Gasteiger partial charge on any atom is 0.125 e. The fraction of sp³-hybridized carbons (Fsp3) is 0.0588. The minimum Gasteiger partial charge on any atom is -0.303 e. The summed E-state index contributed by atoms with van der Waals surface area (Å²) in [6.07, 6.45) is 3.08. The van der Waals surface area contributed by atoms with Gasteiger partial charge in [-0.15, -0.1) is 0 Å². The third-order valence-electron chi connectivity index (χ3n) is 3.22. The SMILES string of the molecule is O=CCc1ncc2ccccc2c1-c1ccccc1. The highest BCUT2D eigenvalue weighted by Crippen LogP contribution is 2.30. The molecule has 2 heteroatoms. The largest absolute Gasteiger partial charge is 0.303 e. The third kappa shape index (κ3) is 2.13. The Hall–Kier alpha value is -2.48. The Bertz CT molecular complexity index is 720. The van der Waals surface area contributed by atoms with Crippen molar-refractivity contribution in [2.24, 2.45) is 0 Å². The Kier molecular flexibility index (Phi) is 3.07. The van der Waals surface area contributed by atoms with Gasteiger partial charge in [-0.3, -0.25) is 4.98 Å². The van der Waals surface area contributed by atoms with Gasteiger partial charge in [-0.1, -0.05) is 54.6 Å². The van der Waals surface area contributed by atoms with Crippen molar-refractivity contribution in [3.8, 4) is 11.1 Å². The Morgan fingerprint density at radius 2 is 1.68 bits per heavy atom. The Morgan fingerprint density at radius 1 is 0.947 bits per heavy atom. The number of carbonyl (C=O) groups excluding carboxylic acids is 1. The number of fused-ring (bicyclic) bond motifs is 1. The first kappa shape index (κ1) is 11.6. The summed E-state index contributed by atoms with van der Waals surface area (Å²) in [4.78, 5) is 15.3. The molecule has 2 nitrogen and oxygen atoms in total. The van der Waals surface area contributed by atoms with Gasteiger partial charge in [0.2, 0.25) is 0 Å². The van der Waals surface area contributed by atoms with Crippen LogP contribution in [0.2, 0.25) is 0 Å². The minimum absolute atomic E-state index is 0.342. The average Bonchev–Trinajstić information content (AvgIpc) is 2.48. The van der Waals surface area contributed by atoms with E-state index in [1.165, 1.54) is 0 Å². The summed E-state index contributed by atoms with van der Waals surface area (Å²) in [5.41, 5.74) is 2.99. The Morgan fingerprint density at radius 3 is 2.47 bits per heavy atom. The second kappa shape index (κ2) is 5.02. The van der Waals surface area contributed by atoms with Crippen LogP contribution in [0.15, 0.2) is 60.8 Å². The molecule has 0 aliphatic rings. The van der Waals surface area contributed by atoms with E-state index in [9.17, 15) is 4.79 Å². The van der Waals surface area contributed by atoms with Crippen LogP contribution in [0.1, 0.15) is 5.69 Å². The number of hydrogen-bond donors (Lipinski definition) is 0. The monoisotopic (exact) mass is 247 g/mol. The maximum absolute atomic E-state index is 10.9. The van der Waals surface area contributed by atoms with Gasteiger partial charge >= 0.3 is 0 Å². The second-order valence-electron chi connectivity index (χ2n) is 4.40. The lowest BCUT2D eigenvalue weighted by atomic mass is 9.96. The molecule has 0 saturated heterocycles. The predicted octanol–water partition coefficient (Wildman–Crippen LogP) is 3.64. The van der Waals surface area contributed by atoms with Gasteiger partial charge in [0.05, 0.1) is 5.69 Å². The molecule has 2 aromatic carbocycles. The number of carbonyl (C=O) groups is 1. The van der Waals surface area contributed by atoms with Gasteiger partial charge in [0, 0.05) is 23.6 Å². The van der Waals surface area contributed by atoms with Crippen LogP contribution in [-0.2, 0) is 11.2 Å². The molecule has 0 atom stereocenters. The molecule has 92 valence electrons. The molecule has 0 amide bonds. The van der Waals surface area contributed by atoms with Gasteiger partial charge in [0.15, 0.2) is 0 Å². The normalized spacial score (nSPS) is 10.5. The summed E-state index contributed by atoms with van der Waals surface area (Å²) >= 11 is 0. The first-order chi connectivity index (χ1) is 9.40. The van der Waals surface area contributed by atoms with Crippen molar-refractivity contribution in [3.05, 3.63) is 66.5 Å². The van der Waals surface area contributed by atoms with E-state index in [2.05, 4.69) is 23.2 Å². The van der Waals surface area contributed by atoms with E-state index >= 15 is 0 Å². The van der Waals surface area contributed by atoms with Gasteiger partial charge < -0.3 is 4.79 Å². The highest BCUT2D eigenvalue weighted by molar-refractivity contribution is 5.97. The van der Waals surface area contributed by atoms with Crippen LogP contribution in [0.4, 0.5) is 0 Å². The molecule has 0 radical (unpaired) electrons. The molecule has 0 bridgehead atoms. The molecule has 1 aromatic heterocycles. The molecule has 19 heavy (non-hydrogen) atoms. The maximum atomic E-state index is 10.9. The lowest BCUT2D eigenvalue weighted by molar-refractivity contribution is -0.107. The lowest BCUT2D eigenvalue weighted by Gasteiger charge is -2.10. The topological polar surface area (TPSA) is 30.0 Å². The smallest absolute Gasteiger partial charge is 0.125 e. The Labute approximate surface area is 111 Å². The van der Waals surface area contributed by atoms with E-state index in [1.54, 1.807) is 0 Å². The van der Waals surface area contributed by atoms with Gasteiger partial charge in [-0.05, 0) is 10.9 Å². The van der Waals surface area contributed by atoms with Crippen LogP contribution >= 0.6 is 0 Å². The Balaban J connectivity index is 2.35. The van der Waals surface area contributed by atoms with E-state index in [0.717, 1.165) is 33.9 Å². The molecule has 0 fully saturated rings. The summed E-state index contributed by atoms with van der Waals surface area (Å²) in [6, 6.07) is 18.2. The van der Waals surface area contributed by atoms with Gasteiger partial charge in [0.1, 0.15) is 6.29 Å². The number of aldehydes is 1. The summed E-state index contributed by atoms with van der Waals surface area (Å²) in [6.45, 7) is 0. The number of aromatic nitrogens is 1.